The molecule has 0 radical (unpaired) electrons. The van der Waals surface area contributed by atoms with Gasteiger partial charge in [-0.25, -0.2) is 4.68 Å². The van der Waals surface area contributed by atoms with E-state index in [0.717, 1.165) is 35.6 Å². The number of amides is 2. The molecule has 3 aromatic rings. The van der Waals surface area contributed by atoms with E-state index in [2.05, 4.69) is 15.6 Å². The summed E-state index contributed by atoms with van der Waals surface area (Å²) in [7, 11) is 0. The molecule has 8 heteroatoms. The normalized spacial score (nSPS) is 13.2. The standard InChI is InChI=1S/C21H23N5O3/c1-14-5-3-6-16(11-14)17-13-19(29-24-17)22-18(27)7-8-21(28)25-9-4-10-26-20(25)12-15(2)23-26/h3,5-6,11-13H,4,7-10H2,1-2H3,(H,22,27). The molecule has 0 saturated heterocycles. The zero-order chi connectivity index (χ0) is 20.4. The molecular weight excluding hydrogens is 370 g/mol. The van der Waals surface area contributed by atoms with Gasteiger partial charge in [-0.1, -0.05) is 28.9 Å². The van der Waals surface area contributed by atoms with Crippen molar-refractivity contribution in [3.63, 3.8) is 0 Å². The van der Waals surface area contributed by atoms with Crippen molar-refractivity contribution in [2.24, 2.45) is 0 Å². The molecular formula is C21H23N5O3. The Labute approximate surface area is 168 Å². The van der Waals surface area contributed by atoms with Crippen LogP contribution in [0.4, 0.5) is 11.7 Å². The minimum atomic E-state index is -0.285. The molecule has 3 heterocycles. The van der Waals surface area contributed by atoms with Crippen LogP contribution in [0.25, 0.3) is 11.3 Å². The molecule has 150 valence electrons. The summed E-state index contributed by atoms with van der Waals surface area (Å²) in [6, 6.07) is 11.4. The lowest BCUT2D eigenvalue weighted by molar-refractivity contribution is -0.122. The summed E-state index contributed by atoms with van der Waals surface area (Å²) in [6.07, 6.45) is 1.05. The molecule has 4 rings (SSSR count). The highest BCUT2D eigenvalue weighted by Gasteiger charge is 2.24. The van der Waals surface area contributed by atoms with Crippen molar-refractivity contribution in [3.05, 3.63) is 47.7 Å². The average Bonchev–Trinajstić information content (AvgIpc) is 3.31. The summed E-state index contributed by atoms with van der Waals surface area (Å²) in [5, 5.41) is 11.1. The van der Waals surface area contributed by atoms with Crippen molar-refractivity contribution >= 4 is 23.5 Å². The molecule has 1 N–H and O–H groups in total. The molecule has 8 nitrogen and oxygen atoms in total. The molecule has 0 aliphatic carbocycles. The topological polar surface area (TPSA) is 93.3 Å². The molecule has 0 saturated carbocycles. The van der Waals surface area contributed by atoms with Gasteiger partial charge in [-0.15, -0.1) is 0 Å². The van der Waals surface area contributed by atoms with Gasteiger partial charge in [-0.2, -0.15) is 5.10 Å². The number of hydrogen-bond donors (Lipinski definition) is 1. The van der Waals surface area contributed by atoms with Crippen LogP contribution in [-0.2, 0) is 16.1 Å². The number of aromatic nitrogens is 3. The number of nitrogens with one attached hydrogen (secondary N) is 1. The van der Waals surface area contributed by atoms with Gasteiger partial charge in [0.25, 0.3) is 0 Å². The Morgan fingerprint density at radius 1 is 1.14 bits per heavy atom. The van der Waals surface area contributed by atoms with Crippen molar-refractivity contribution in [3.8, 4) is 11.3 Å². The fraction of sp³-hybridized carbons (Fsp3) is 0.333. The van der Waals surface area contributed by atoms with Crippen molar-refractivity contribution in [2.75, 3.05) is 16.8 Å². The zero-order valence-electron chi connectivity index (χ0n) is 16.5. The Morgan fingerprint density at radius 2 is 2.00 bits per heavy atom. The lowest BCUT2D eigenvalue weighted by Crippen LogP contribution is -2.37. The van der Waals surface area contributed by atoms with Gasteiger partial charge in [-0.05, 0) is 26.3 Å². The third kappa shape index (κ3) is 4.21. The fourth-order valence-electron chi connectivity index (χ4n) is 3.49. The first kappa shape index (κ1) is 18.9. The third-order valence-corrected chi connectivity index (χ3v) is 4.86. The fourth-order valence-corrected chi connectivity index (χ4v) is 3.49. The second kappa shape index (κ2) is 7.90. The summed E-state index contributed by atoms with van der Waals surface area (Å²) in [4.78, 5) is 26.6. The van der Waals surface area contributed by atoms with Gasteiger partial charge in [0.15, 0.2) is 0 Å². The Morgan fingerprint density at radius 3 is 2.83 bits per heavy atom. The van der Waals surface area contributed by atoms with Gasteiger partial charge >= 0.3 is 0 Å². The highest BCUT2D eigenvalue weighted by Crippen LogP contribution is 2.24. The van der Waals surface area contributed by atoms with Gasteiger partial charge in [0.05, 0.1) is 5.69 Å². The van der Waals surface area contributed by atoms with Crippen molar-refractivity contribution in [2.45, 2.75) is 39.7 Å². The van der Waals surface area contributed by atoms with Crippen LogP contribution in [-0.4, -0.2) is 33.3 Å². The minimum Gasteiger partial charge on any atom is -0.338 e. The second-order valence-electron chi connectivity index (χ2n) is 7.26. The average molecular weight is 393 g/mol. The van der Waals surface area contributed by atoms with Crippen molar-refractivity contribution in [1.29, 1.82) is 0 Å². The van der Waals surface area contributed by atoms with Crippen LogP contribution in [0, 0.1) is 13.8 Å². The first-order valence-electron chi connectivity index (χ1n) is 9.68. The van der Waals surface area contributed by atoms with Gasteiger partial charge in [0, 0.05) is 43.6 Å². The lowest BCUT2D eigenvalue weighted by Gasteiger charge is -2.27. The first-order chi connectivity index (χ1) is 14.0. The highest BCUT2D eigenvalue weighted by molar-refractivity contribution is 5.97. The quantitative estimate of drug-likeness (QED) is 0.718. The smallest absolute Gasteiger partial charge is 0.231 e. The molecule has 0 fully saturated rings. The number of aryl methyl sites for hydroxylation is 3. The van der Waals surface area contributed by atoms with E-state index in [1.165, 1.54) is 0 Å². The molecule has 1 aliphatic rings. The number of carbonyl (C=O) groups excluding carboxylic acids is 2. The number of anilines is 2. The van der Waals surface area contributed by atoms with E-state index in [9.17, 15) is 9.59 Å². The number of hydrogen-bond acceptors (Lipinski definition) is 5. The maximum absolute atomic E-state index is 12.6. The van der Waals surface area contributed by atoms with Crippen LogP contribution in [0.2, 0.25) is 0 Å². The van der Waals surface area contributed by atoms with E-state index in [4.69, 9.17) is 4.52 Å². The van der Waals surface area contributed by atoms with Crippen LogP contribution in [0.1, 0.15) is 30.5 Å². The molecule has 0 unspecified atom stereocenters. The predicted octanol–water partition coefficient (Wildman–Crippen LogP) is 3.31. The Hall–Kier alpha value is -3.42. The van der Waals surface area contributed by atoms with Crippen molar-refractivity contribution < 1.29 is 14.1 Å². The molecule has 0 bridgehead atoms. The molecule has 1 aliphatic heterocycles. The van der Waals surface area contributed by atoms with Crippen LogP contribution in [0.15, 0.2) is 40.9 Å². The van der Waals surface area contributed by atoms with Gasteiger partial charge in [0.2, 0.25) is 17.7 Å². The largest absolute Gasteiger partial charge is 0.338 e. The Balaban J connectivity index is 1.33. The minimum absolute atomic E-state index is 0.0724. The van der Waals surface area contributed by atoms with Gasteiger partial charge < -0.3 is 4.52 Å². The maximum atomic E-state index is 12.6. The van der Waals surface area contributed by atoms with Crippen LogP contribution < -0.4 is 10.2 Å². The number of nitrogens with zero attached hydrogens (tertiary/aromatic N) is 4. The maximum Gasteiger partial charge on any atom is 0.231 e. The highest BCUT2D eigenvalue weighted by atomic mass is 16.5. The molecule has 2 aromatic heterocycles. The molecule has 2 amide bonds. The molecule has 0 atom stereocenters. The SMILES string of the molecule is Cc1cccc(-c2cc(NC(=O)CCC(=O)N3CCCn4nc(C)cc43)on2)c1. The lowest BCUT2D eigenvalue weighted by atomic mass is 10.1. The van der Waals surface area contributed by atoms with E-state index >= 15 is 0 Å². The number of fused-ring (bicyclic) bond motifs is 1. The monoisotopic (exact) mass is 393 g/mol. The number of benzene rings is 1. The van der Waals surface area contributed by atoms with Crippen LogP contribution in [0.3, 0.4) is 0 Å². The van der Waals surface area contributed by atoms with Crippen molar-refractivity contribution in [1.82, 2.24) is 14.9 Å². The molecule has 0 spiro atoms. The second-order valence-corrected chi connectivity index (χ2v) is 7.26. The van der Waals surface area contributed by atoms with E-state index < -0.39 is 0 Å². The molecule has 29 heavy (non-hydrogen) atoms. The number of rotatable bonds is 5. The summed E-state index contributed by atoms with van der Waals surface area (Å²) in [6.45, 7) is 5.36. The Bertz CT molecular complexity index is 1050. The van der Waals surface area contributed by atoms with E-state index in [0.29, 0.717) is 12.2 Å². The summed E-state index contributed by atoms with van der Waals surface area (Å²) >= 11 is 0. The number of carbonyl (C=O) groups is 2. The van der Waals surface area contributed by atoms with E-state index in [1.54, 1.807) is 11.0 Å². The van der Waals surface area contributed by atoms with Gasteiger partial charge in [0.1, 0.15) is 11.5 Å². The summed E-state index contributed by atoms with van der Waals surface area (Å²) in [5.41, 5.74) is 3.56. The first-order valence-corrected chi connectivity index (χ1v) is 9.68. The van der Waals surface area contributed by atoms with Crippen LogP contribution in [0.5, 0.6) is 0 Å². The van der Waals surface area contributed by atoms with E-state index in [1.807, 2.05) is 48.9 Å². The summed E-state index contributed by atoms with van der Waals surface area (Å²) in [5.74, 6) is 0.703. The Kier molecular flexibility index (Phi) is 5.16. The van der Waals surface area contributed by atoms with Gasteiger partial charge in [-0.3, -0.25) is 19.8 Å². The van der Waals surface area contributed by atoms with Crippen LogP contribution >= 0.6 is 0 Å². The predicted molar refractivity (Wildman–Crippen MR) is 108 cm³/mol. The third-order valence-electron chi connectivity index (χ3n) is 4.86. The van der Waals surface area contributed by atoms with E-state index in [-0.39, 0.29) is 30.5 Å². The summed E-state index contributed by atoms with van der Waals surface area (Å²) < 4.78 is 7.06. The molecule has 1 aromatic carbocycles. The zero-order valence-corrected chi connectivity index (χ0v) is 16.5.